The summed E-state index contributed by atoms with van der Waals surface area (Å²) in [6.07, 6.45) is 2.45. The van der Waals surface area contributed by atoms with E-state index < -0.39 is 35.8 Å². The molecule has 1 aromatic heterocycles. The largest absolute Gasteiger partial charge is 0.464 e. The summed E-state index contributed by atoms with van der Waals surface area (Å²) >= 11 is 0. The highest BCUT2D eigenvalue weighted by Gasteiger charge is 2.38. The predicted molar refractivity (Wildman–Crippen MR) is 162 cm³/mol. The summed E-state index contributed by atoms with van der Waals surface area (Å²) in [4.78, 5) is 41.4. The molecule has 0 radical (unpaired) electrons. The van der Waals surface area contributed by atoms with Crippen molar-refractivity contribution in [3.05, 3.63) is 125 Å². The molecule has 2 amide bonds. The van der Waals surface area contributed by atoms with Gasteiger partial charge >= 0.3 is 5.97 Å². The van der Waals surface area contributed by atoms with Gasteiger partial charge in [-0.3, -0.25) is 19.2 Å². The minimum absolute atomic E-state index is 0.169. The maximum absolute atomic E-state index is 14.5. The van der Waals surface area contributed by atoms with Crippen LogP contribution in [0.2, 0.25) is 0 Å². The zero-order valence-corrected chi connectivity index (χ0v) is 24.3. The average molecular weight is 578 g/mol. The van der Waals surface area contributed by atoms with Crippen LogP contribution in [0.4, 0.5) is 0 Å². The second-order valence-electron chi connectivity index (χ2n) is 10.3. The molecule has 0 saturated heterocycles. The number of methoxy groups -OCH3 is 1. The van der Waals surface area contributed by atoms with Gasteiger partial charge in [-0.1, -0.05) is 90.5 Å². The highest BCUT2D eigenvalue weighted by Crippen LogP contribution is 2.29. The summed E-state index contributed by atoms with van der Waals surface area (Å²) in [5.74, 6) is -2.49. The zero-order valence-electron chi connectivity index (χ0n) is 24.3. The number of amides is 2. The maximum Gasteiger partial charge on any atom is 0.358 e. The Morgan fingerprint density at radius 1 is 0.953 bits per heavy atom. The molecule has 1 unspecified atom stereocenters. The quantitative estimate of drug-likeness (QED) is 0.247. The first kappa shape index (κ1) is 30.9. The summed E-state index contributed by atoms with van der Waals surface area (Å²) in [7, 11) is 1.28. The molecule has 0 fully saturated rings. The van der Waals surface area contributed by atoms with Gasteiger partial charge in [0.2, 0.25) is 11.8 Å². The van der Waals surface area contributed by atoms with Crippen LogP contribution < -0.4 is 5.73 Å². The fourth-order valence-corrected chi connectivity index (χ4v) is 5.08. The Morgan fingerprint density at radius 3 is 2.19 bits per heavy atom. The van der Waals surface area contributed by atoms with E-state index in [1.807, 2.05) is 91.9 Å². The second kappa shape index (κ2) is 14.7. The van der Waals surface area contributed by atoms with Gasteiger partial charge < -0.3 is 10.5 Å². The maximum atomic E-state index is 14.5. The predicted octanol–water partition coefficient (Wildman–Crippen LogP) is 4.41. The summed E-state index contributed by atoms with van der Waals surface area (Å²) in [6.45, 7) is 2.32. The number of nitrogens with two attached hydrogens (primary N) is 1. The Balaban J connectivity index is 1.64. The van der Waals surface area contributed by atoms with E-state index in [1.165, 1.54) is 7.11 Å². The minimum atomic E-state index is -1.07. The molecule has 9 nitrogen and oxygen atoms in total. The second-order valence-corrected chi connectivity index (χ2v) is 10.3. The molecule has 4 rings (SSSR count). The fraction of sp³-hybridized carbons (Fsp3) is 0.265. The molecular weight excluding hydrogens is 542 g/mol. The van der Waals surface area contributed by atoms with Gasteiger partial charge in [0.25, 0.3) is 0 Å². The normalized spacial score (nSPS) is 12.3. The van der Waals surface area contributed by atoms with Crippen molar-refractivity contribution in [3.8, 4) is 6.07 Å². The molecule has 0 aliphatic heterocycles. The van der Waals surface area contributed by atoms with Crippen LogP contribution in [0.25, 0.3) is 0 Å². The van der Waals surface area contributed by atoms with E-state index in [1.54, 1.807) is 16.9 Å². The number of esters is 1. The first-order chi connectivity index (χ1) is 20.8. The van der Waals surface area contributed by atoms with E-state index in [-0.39, 0.29) is 18.5 Å². The number of benzene rings is 3. The Kier molecular flexibility index (Phi) is 10.6. The molecule has 220 valence electrons. The van der Waals surface area contributed by atoms with Crippen LogP contribution >= 0.6 is 0 Å². The van der Waals surface area contributed by atoms with E-state index in [4.69, 9.17) is 10.5 Å². The van der Waals surface area contributed by atoms with Gasteiger partial charge in [0.1, 0.15) is 6.04 Å². The fourth-order valence-electron chi connectivity index (χ4n) is 5.08. The molecule has 3 aromatic carbocycles. The van der Waals surface area contributed by atoms with Gasteiger partial charge in [-0.2, -0.15) is 10.4 Å². The van der Waals surface area contributed by atoms with Crippen molar-refractivity contribution in [1.29, 1.82) is 5.26 Å². The summed E-state index contributed by atoms with van der Waals surface area (Å²) in [6, 6.07) is 27.7. The van der Waals surface area contributed by atoms with E-state index >= 15 is 0 Å². The van der Waals surface area contributed by atoms with Crippen molar-refractivity contribution in [2.75, 3.05) is 7.11 Å². The molecule has 0 spiro atoms. The standard InChI is InChI=1S/C34H35N5O4/c1-24-11-9-12-25(21-24)22-29(36)32(40)39(28(23-35)17-10-19-38-20-18-30(37-38)34(42)43-2)33(41)31(26-13-5-3-6-14-26)27-15-7-4-8-16-27/h3-9,11-16,18,20-21,28-29,31H,10,17,19,22,36H2,1-2H3/t28?,29-/m0/s1. The molecule has 1 heterocycles. The SMILES string of the molecule is COC(=O)c1ccn(CCCC(C#N)N(C(=O)C(c2ccccc2)c2ccccc2)C(=O)[C@@H](N)Cc2cccc(C)c2)n1. The van der Waals surface area contributed by atoms with Gasteiger partial charge in [0, 0.05) is 12.7 Å². The van der Waals surface area contributed by atoms with Crippen molar-refractivity contribution in [2.24, 2.45) is 5.73 Å². The molecule has 2 N–H and O–H groups in total. The molecule has 0 aliphatic rings. The van der Waals surface area contributed by atoms with Gasteiger partial charge in [-0.25, -0.2) is 4.79 Å². The highest BCUT2D eigenvalue weighted by atomic mass is 16.5. The number of aryl methyl sites for hydroxylation is 2. The van der Waals surface area contributed by atoms with E-state index in [2.05, 4.69) is 11.2 Å². The third-order valence-corrected chi connectivity index (χ3v) is 7.20. The molecular formula is C34H35N5O4. The Morgan fingerprint density at radius 2 is 1.60 bits per heavy atom. The van der Waals surface area contributed by atoms with E-state index in [0.717, 1.165) is 16.0 Å². The molecule has 0 aliphatic carbocycles. The van der Waals surface area contributed by atoms with Crippen LogP contribution in [0.5, 0.6) is 0 Å². The highest BCUT2D eigenvalue weighted by molar-refractivity contribution is 6.02. The first-order valence-corrected chi connectivity index (χ1v) is 14.1. The number of hydrogen-bond acceptors (Lipinski definition) is 7. The number of ether oxygens (including phenoxy) is 1. The third-order valence-electron chi connectivity index (χ3n) is 7.20. The van der Waals surface area contributed by atoms with Crippen molar-refractivity contribution < 1.29 is 19.1 Å². The van der Waals surface area contributed by atoms with E-state index in [0.29, 0.717) is 24.1 Å². The topological polar surface area (TPSA) is 131 Å². The lowest BCUT2D eigenvalue weighted by Crippen LogP contribution is -2.53. The van der Waals surface area contributed by atoms with Gasteiger partial charge in [0.15, 0.2) is 5.69 Å². The van der Waals surface area contributed by atoms with Gasteiger partial charge in [0.05, 0.1) is 25.1 Å². The number of carbonyl (C=O) groups excluding carboxylic acids is 3. The zero-order chi connectivity index (χ0) is 30.8. The van der Waals surface area contributed by atoms with Crippen LogP contribution in [-0.2, 0) is 27.3 Å². The molecule has 4 aromatic rings. The number of imide groups is 1. The number of nitriles is 1. The number of carbonyl (C=O) groups is 3. The first-order valence-electron chi connectivity index (χ1n) is 14.1. The lowest BCUT2D eigenvalue weighted by Gasteiger charge is -2.32. The van der Waals surface area contributed by atoms with Crippen molar-refractivity contribution >= 4 is 17.8 Å². The van der Waals surface area contributed by atoms with Crippen LogP contribution in [-0.4, -0.2) is 51.7 Å². The third kappa shape index (κ3) is 7.82. The summed E-state index contributed by atoms with van der Waals surface area (Å²) in [5.41, 5.74) is 9.93. The average Bonchev–Trinajstić information content (AvgIpc) is 3.50. The van der Waals surface area contributed by atoms with Crippen LogP contribution in [0, 0.1) is 18.3 Å². The van der Waals surface area contributed by atoms with Crippen molar-refractivity contribution in [3.63, 3.8) is 0 Å². The van der Waals surface area contributed by atoms with Gasteiger partial charge in [-0.05, 0) is 48.9 Å². The Bertz CT molecular complexity index is 1540. The van der Waals surface area contributed by atoms with E-state index in [9.17, 15) is 19.6 Å². The smallest absolute Gasteiger partial charge is 0.358 e. The molecule has 43 heavy (non-hydrogen) atoms. The minimum Gasteiger partial charge on any atom is -0.464 e. The van der Waals surface area contributed by atoms with Crippen LogP contribution in [0.1, 0.15) is 51.5 Å². The molecule has 0 bridgehead atoms. The van der Waals surface area contributed by atoms with Gasteiger partial charge in [-0.15, -0.1) is 0 Å². The lowest BCUT2D eigenvalue weighted by molar-refractivity contribution is -0.148. The number of nitrogens with zero attached hydrogens (tertiary/aromatic N) is 4. The summed E-state index contributed by atoms with van der Waals surface area (Å²) in [5, 5.41) is 14.5. The Labute approximate surface area is 251 Å². The van der Waals surface area contributed by atoms with Crippen molar-refractivity contribution in [1.82, 2.24) is 14.7 Å². The Hall–Kier alpha value is -5.07. The molecule has 9 heteroatoms. The number of rotatable bonds is 12. The summed E-state index contributed by atoms with van der Waals surface area (Å²) < 4.78 is 6.27. The van der Waals surface area contributed by atoms with Crippen LogP contribution in [0.3, 0.4) is 0 Å². The number of aromatic nitrogens is 2. The van der Waals surface area contributed by atoms with Crippen molar-refractivity contribution in [2.45, 2.75) is 50.7 Å². The number of hydrogen-bond donors (Lipinski definition) is 1. The monoisotopic (exact) mass is 577 g/mol. The lowest BCUT2D eigenvalue weighted by atomic mass is 9.89. The molecule has 2 atom stereocenters. The molecule has 0 saturated carbocycles. The van der Waals surface area contributed by atoms with Crippen LogP contribution in [0.15, 0.2) is 97.2 Å².